The summed E-state index contributed by atoms with van der Waals surface area (Å²) in [6, 6.07) is 15.1. The average molecular weight is 428 g/mol. The number of benzene rings is 2. The molecule has 0 bridgehead atoms. The van der Waals surface area contributed by atoms with Crippen molar-refractivity contribution in [2.24, 2.45) is 0 Å². The number of thiazole rings is 1. The number of halogens is 1. The lowest BCUT2D eigenvalue weighted by Crippen LogP contribution is -2.21. The lowest BCUT2D eigenvalue weighted by atomic mass is 10.2. The highest BCUT2D eigenvalue weighted by atomic mass is 35.5. The topological polar surface area (TPSA) is 54.5 Å². The van der Waals surface area contributed by atoms with Crippen LogP contribution in [0.1, 0.15) is 33.2 Å². The minimum atomic E-state index is -0.135. The van der Waals surface area contributed by atoms with Crippen LogP contribution in [0.25, 0.3) is 0 Å². The molecule has 0 radical (unpaired) electrons. The Hall–Kier alpha value is -2.57. The molecule has 0 unspecified atom stereocenters. The number of para-hydroxylation sites is 2. The van der Waals surface area contributed by atoms with E-state index in [0.29, 0.717) is 28.0 Å². The summed E-state index contributed by atoms with van der Waals surface area (Å²) in [7, 11) is 0. The summed E-state index contributed by atoms with van der Waals surface area (Å²) in [5, 5.41) is 4.49. The van der Waals surface area contributed by atoms with Gasteiger partial charge in [0.2, 0.25) is 0 Å². The first-order valence-electron chi connectivity index (χ1n) is 9.60. The van der Waals surface area contributed by atoms with E-state index in [9.17, 15) is 4.79 Å². The van der Waals surface area contributed by atoms with Crippen LogP contribution in [0.15, 0.2) is 48.5 Å². The van der Waals surface area contributed by atoms with Crippen molar-refractivity contribution in [3.8, 4) is 5.75 Å². The highest BCUT2D eigenvalue weighted by Gasteiger charge is 2.20. The van der Waals surface area contributed by atoms with Crippen molar-refractivity contribution in [2.45, 2.75) is 26.4 Å². The number of carbonyl (C=O) groups is 1. The van der Waals surface area contributed by atoms with Crippen molar-refractivity contribution in [2.75, 3.05) is 23.3 Å². The number of carbonyl (C=O) groups excluding carboxylic acids is 1. The average Bonchev–Trinajstić information content (AvgIpc) is 3.38. The molecule has 2 heterocycles. The maximum absolute atomic E-state index is 12.9. The maximum atomic E-state index is 12.9. The minimum absolute atomic E-state index is 0.135. The number of anilines is 2. The second-order valence-corrected chi connectivity index (χ2v) is 8.45. The molecule has 1 fully saturated rings. The highest BCUT2D eigenvalue weighted by Crippen LogP contribution is 2.30. The third-order valence-electron chi connectivity index (χ3n) is 4.82. The van der Waals surface area contributed by atoms with Crippen molar-refractivity contribution >= 4 is 40.2 Å². The minimum Gasteiger partial charge on any atom is -0.486 e. The van der Waals surface area contributed by atoms with Crippen LogP contribution in [0.3, 0.4) is 0 Å². The van der Waals surface area contributed by atoms with Crippen LogP contribution in [0.2, 0.25) is 5.02 Å². The van der Waals surface area contributed by atoms with Gasteiger partial charge in [-0.1, -0.05) is 23.7 Å². The van der Waals surface area contributed by atoms with Gasteiger partial charge in [-0.3, -0.25) is 4.79 Å². The molecule has 1 aliphatic rings. The van der Waals surface area contributed by atoms with E-state index in [0.717, 1.165) is 29.5 Å². The summed E-state index contributed by atoms with van der Waals surface area (Å²) in [6.45, 7) is 4.21. The van der Waals surface area contributed by atoms with E-state index in [-0.39, 0.29) is 5.91 Å². The van der Waals surface area contributed by atoms with Gasteiger partial charge in [0, 0.05) is 18.1 Å². The zero-order valence-corrected chi connectivity index (χ0v) is 17.7. The van der Waals surface area contributed by atoms with Crippen molar-refractivity contribution in [1.29, 1.82) is 0 Å². The predicted molar refractivity (Wildman–Crippen MR) is 118 cm³/mol. The molecule has 1 N–H and O–H groups in total. The number of hydrogen-bond donors (Lipinski definition) is 1. The number of nitrogens with zero attached hydrogens (tertiary/aromatic N) is 2. The Morgan fingerprint density at radius 3 is 2.66 bits per heavy atom. The van der Waals surface area contributed by atoms with E-state index in [4.69, 9.17) is 16.3 Å². The number of ether oxygens (including phenoxy) is 1. The third kappa shape index (κ3) is 4.71. The molecule has 0 spiro atoms. The van der Waals surface area contributed by atoms with E-state index in [1.807, 2.05) is 37.3 Å². The molecule has 5 nitrogen and oxygen atoms in total. The van der Waals surface area contributed by atoms with Gasteiger partial charge in [0.15, 0.2) is 0 Å². The molecule has 0 saturated carbocycles. The van der Waals surface area contributed by atoms with Gasteiger partial charge in [-0.25, -0.2) is 4.98 Å². The standard InChI is InChI=1S/C22H22ClN3O2S/c1-15-21(29-20(24-15)14-28-17-10-8-16(23)9-11-17)22(27)25-18-6-2-3-7-19(18)26-12-4-5-13-26/h2-3,6-11H,4-5,12-14H2,1H3,(H,25,27). The molecule has 4 rings (SSSR count). The molecule has 1 aromatic heterocycles. The normalized spacial score (nSPS) is 13.5. The summed E-state index contributed by atoms with van der Waals surface area (Å²) >= 11 is 7.25. The molecule has 3 aromatic rings. The van der Waals surface area contributed by atoms with E-state index >= 15 is 0 Å². The smallest absolute Gasteiger partial charge is 0.267 e. The Kier molecular flexibility index (Phi) is 6.02. The molecule has 7 heteroatoms. The van der Waals surface area contributed by atoms with Crippen molar-refractivity contribution < 1.29 is 9.53 Å². The Morgan fingerprint density at radius 2 is 1.90 bits per heavy atom. The fourth-order valence-corrected chi connectivity index (χ4v) is 4.39. The number of hydrogen-bond acceptors (Lipinski definition) is 5. The summed E-state index contributed by atoms with van der Waals surface area (Å²) in [6.07, 6.45) is 2.38. The summed E-state index contributed by atoms with van der Waals surface area (Å²) in [5.41, 5.74) is 2.62. The lowest BCUT2D eigenvalue weighted by Gasteiger charge is -2.21. The van der Waals surface area contributed by atoms with Gasteiger partial charge in [-0.15, -0.1) is 11.3 Å². The first-order chi connectivity index (χ1) is 14.1. The molecule has 1 saturated heterocycles. The number of nitrogens with one attached hydrogen (secondary N) is 1. The molecule has 0 aliphatic carbocycles. The Bertz CT molecular complexity index is 998. The van der Waals surface area contributed by atoms with Crippen LogP contribution in [0.5, 0.6) is 5.75 Å². The predicted octanol–water partition coefficient (Wildman–Crippen LogP) is 5.54. The molecule has 29 heavy (non-hydrogen) atoms. The second-order valence-electron chi connectivity index (χ2n) is 6.93. The number of aryl methyl sites for hydroxylation is 1. The number of aromatic nitrogens is 1. The SMILES string of the molecule is Cc1nc(COc2ccc(Cl)cc2)sc1C(=O)Nc1ccccc1N1CCCC1. The highest BCUT2D eigenvalue weighted by molar-refractivity contribution is 7.13. The zero-order valence-electron chi connectivity index (χ0n) is 16.2. The molecule has 0 atom stereocenters. The first-order valence-corrected chi connectivity index (χ1v) is 10.8. The van der Waals surface area contributed by atoms with Crippen molar-refractivity contribution in [3.63, 3.8) is 0 Å². The maximum Gasteiger partial charge on any atom is 0.267 e. The lowest BCUT2D eigenvalue weighted by molar-refractivity contribution is 0.103. The van der Waals surface area contributed by atoms with Crippen LogP contribution in [0.4, 0.5) is 11.4 Å². The quantitative estimate of drug-likeness (QED) is 0.561. The Morgan fingerprint density at radius 1 is 1.17 bits per heavy atom. The van der Waals surface area contributed by atoms with Gasteiger partial charge in [0.05, 0.1) is 17.1 Å². The van der Waals surface area contributed by atoms with Crippen LogP contribution in [-0.2, 0) is 6.61 Å². The zero-order chi connectivity index (χ0) is 20.2. The molecule has 2 aromatic carbocycles. The first kappa shape index (κ1) is 19.7. The monoisotopic (exact) mass is 427 g/mol. The van der Waals surface area contributed by atoms with Gasteiger partial charge in [0.25, 0.3) is 5.91 Å². The Labute approximate surface area is 179 Å². The molecule has 1 amide bonds. The fraction of sp³-hybridized carbons (Fsp3) is 0.273. The van der Waals surface area contributed by atoms with Crippen LogP contribution in [-0.4, -0.2) is 24.0 Å². The van der Waals surface area contributed by atoms with Crippen molar-refractivity contribution in [3.05, 3.63) is 69.1 Å². The number of rotatable bonds is 6. The fourth-order valence-electron chi connectivity index (χ4n) is 3.39. The molecule has 1 aliphatic heterocycles. The van der Waals surface area contributed by atoms with Gasteiger partial charge in [0.1, 0.15) is 22.2 Å². The molecular weight excluding hydrogens is 406 g/mol. The van der Waals surface area contributed by atoms with E-state index in [1.54, 1.807) is 12.1 Å². The van der Waals surface area contributed by atoms with Gasteiger partial charge >= 0.3 is 0 Å². The summed E-state index contributed by atoms with van der Waals surface area (Å²) in [5.74, 6) is 0.581. The largest absolute Gasteiger partial charge is 0.486 e. The van der Waals surface area contributed by atoms with E-state index < -0.39 is 0 Å². The Balaban J connectivity index is 1.45. The van der Waals surface area contributed by atoms with Gasteiger partial charge in [-0.2, -0.15) is 0 Å². The van der Waals surface area contributed by atoms with Gasteiger partial charge < -0.3 is 15.0 Å². The van der Waals surface area contributed by atoms with Crippen LogP contribution in [0, 0.1) is 6.92 Å². The summed E-state index contributed by atoms with van der Waals surface area (Å²) < 4.78 is 5.75. The second kappa shape index (κ2) is 8.84. The number of amides is 1. The molecular formula is C22H22ClN3O2S. The molecule has 150 valence electrons. The van der Waals surface area contributed by atoms with Crippen LogP contribution >= 0.6 is 22.9 Å². The summed E-state index contributed by atoms with van der Waals surface area (Å²) in [4.78, 5) is 20.3. The third-order valence-corrected chi connectivity index (χ3v) is 6.20. The van der Waals surface area contributed by atoms with E-state index in [1.165, 1.54) is 24.2 Å². The van der Waals surface area contributed by atoms with Gasteiger partial charge in [-0.05, 0) is 56.2 Å². The van der Waals surface area contributed by atoms with Crippen LogP contribution < -0.4 is 15.0 Å². The van der Waals surface area contributed by atoms with E-state index in [2.05, 4.69) is 21.3 Å². The van der Waals surface area contributed by atoms with Crippen molar-refractivity contribution in [1.82, 2.24) is 4.98 Å².